The fourth-order valence-electron chi connectivity index (χ4n) is 3.89. The van der Waals surface area contributed by atoms with Crippen LogP contribution in [0.25, 0.3) is 0 Å². The summed E-state index contributed by atoms with van der Waals surface area (Å²) in [4.78, 5) is 37.0. The van der Waals surface area contributed by atoms with Gasteiger partial charge in [-0.25, -0.2) is 0 Å². The molecule has 2 fully saturated rings. The normalized spacial score (nSPS) is 33.7. The van der Waals surface area contributed by atoms with E-state index in [0.717, 1.165) is 19.3 Å². The predicted molar refractivity (Wildman–Crippen MR) is 67.1 cm³/mol. The second kappa shape index (κ2) is 4.63. The van der Waals surface area contributed by atoms with E-state index in [9.17, 15) is 33.8 Å². The Hall–Kier alpha value is 0.260. The van der Waals surface area contributed by atoms with Gasteiger partial charge in [0.15, 0.2) is 0 Å². The van der Waals surface area contributed by atoms with Crippen molar-refractivity contribution in [3.8, 4) is 0 Å². The molecule has 112 valence electrons. The van der Waals surface area contributed by atoms with Gasteiger partial charge in [-0.1, -0.05) is 13.3 Å². The number of fused-ring (bicyclic) bond motifs is 2. The SMILES string of the molecule is CC(C1CC2CCC1C2)C(O)(P(=O)(O)O)P(=O)(O)O. The second-order valence-corrected chi connectivity index (χ2v) is 9.80. The highest BCUT2D eigenvalue weighted by Crippen LogP contribution is 2.73. The quantitative estimate of drug-likeness (QED) is 0.489. The molecule has 0 saturated heterocycles. The molecule has 0 heterocycles. The third-order valence-corrected chi connectivity index (χ3v) is 9.00. The van der Waals surface area contributed by atoms with Crippen molar-refractivity contribution in [1.82, 2.24) is 0 Å². The lowest BCUT2D eigenvalue weighted by molar-refractivity contribution is 0.0433. The molecule has 2 aliphatic rings. The van der Waals surface area contributed by atoms with Gasteiger partial charge < -0.3 is 24.7 Å². The molecule has 19 heavy (non-hydrogen) atoms. The Morgan fingerprint density at radius 2 is 1.58 bits per heavy atom. The molecule has 5 N–H and O–H groups in total. The van der Waals surface area contributed by atoms with Crippen molar-refractivity contribution < 1.29 is 33.8 Å². The molecule has 0 radical (unpaired) electrons. The monoisotopic (exact) mass is 314 g/mol. The first kappa shape index (κ1) is 15.6. The summed E-state index contributed by atoms with van der Waals surface area (Å²) in [6.07, 6.45) is 3.55. The third kappa shape index (κ3) is 2.36. The minimum absolute atomic E-state index is 0.199. The molecule has 0 aliphatic heterocycles. The van der Waals surface area contributed by atoms with Gasteiger partial charge in [0.2, 0.25) is 0 Å². The Labute approximate surface area is 111 Å². The van der Waals surface area contributed by atoms with Crippen LogP contribution in [0.1, 0.15) is 32.6 Å². The number of aliphatic hydroxyl groups is 1. The first-order chi connectivity index (χ1) is 8.48. The molecule has 4 unspecified atom stereocenters. The predicted octanol–water partition coefficient (Wildman–Crippen LogP) is 1.06. The van der Waals surface area contributed by atoms with E-state index in [2.05, 4.69) is 0 Å². The summed E-state index contributed by atoms with van der Waals surface area (Å²) in [5.74, 6) is -0.728. The Kier molecular flexibility index (Phi) is 3.82. The van der Waals surface area contributed by atoms with Crippen molar-refractivity contribution in [1.29, 1.82) is 0 Å². The van der Waals surface area contributed by atoms with Crippen molar-refractivity contribution in [3.05, 3.63) is 0 Å². The Bertz CT molecular complexity index is 431. The fraction of sp³-hybridized carbons (Fsp3) is 1.00. The summed E-state index contributed by atoms with van der Waals surface area (Å²) in [5, 5.41) is 6.85. The van der Waals surface area contributed by atoms with Gasteiger partial charge in [0.1, 0.15) is 0 Å². The van der Waals surface area contributed by atoms with Crippen LogP contribution in [0, 0.1) is 23.7 Å². The van der Waals surface area contributed by atoms with Gasteiger partial charge in [0, 0.05) is 5.92 Å². The van der Waals surface area contributed by atoms with E-state index in [1.165, 1.54) is 6.92 Å². The van der Waals surface area contributed by atoms with Crippen LogP contribution in [0.2, 0.25) is 0 Å². The zero-order chi connectivity index (χ0) is 14.6. The molecule has 2 aliphatic carbocycles. The molecule has 2 bridgehead atoms. The maximum atomic E-state index is 11.5. The van der Waals surface area contributed by atoms with Crippen LogP contribution in [-0.4, -0.2) is 29.8 Å². The molecule has 2 saturated carbocycles. The third-order valence-electron chi connectivity index (χ3n) is 4.90. The molecule has 0 aromatic rings. The van der Waals surface area contributed by atoms with E-state index in [1.54, 1.807) is 0 Å². The number of hydrogen-bond donors (Lipinski definition) is 5. The molecule has 0 amide bonds. The van der Waals surface area contributed by atoms with Crippen LogP contribution in [0.15, 0.2) is 0 Å². The molecule has 7 nitrogen and oxygen atoms in total. The van der Waals surface area contributed by atoms with Crippen LogP contribution in [0.5, 0.6) is 0 Å². The molecule has 9 heteroatoms. The van der Waals surface area contributed by atoms with Gasteiger partial charge in [-0.2, -0.15) is 0 Å². The van der Waals surface area contributed by atoms with E-state index < -0.39 is 26.2 Å². The van der Waals surface area contributed by atoms with Gasteiger partial charge in [-0.3, -0.25) is 9.13 Å². The minimum Gasteiger partial charge on any atom is -0.367 e. The minimum atomic E-state index is -5.35. The summed E-state index contributed by atoms with van der Waals surface area (Å²) in [5.41, 5.74) is 0. The molecule has 4 atom stereocenters. The van der Waals surface area contributed by atoms with Crippen LogP contribution < -0.4 is 0 Å². The van der Waals surface area contributed by atoms with Gasteiger partial charge >= 0.3 is 15.2 Å². The molecule has 0 aromatic heterocycles. The van der Waals surface area contributed by atoms with Crippen molar-refractivity contribution >= 4 is 15.2 Å². The standard InChI is InChI=1S/C10H20O7P2/c1-6(9-5-7-2-3-8(9)4-7)10(11,18(12,13)14)19(15,16)17/h6-9,11H,2-5H2,1H3,(H2,12,13,14)(H2,15,16,17). The molecule has 0 aromatic carbocycles. The summed E-state index contributed by atoms with van der Waals surface area (Å²) >= 11 is 0. The van der Waals surface area contributed by atoms with E-state index in [0.29, 0.717) is 12.3 Å². The zero-order valence-corrected chi connectivity index (χ0v) is 12.4. The summed E-state index contributed by atoms with van der Waals surface area (Å²) in [6.45, 7) is 1.34. The van der Waals surface area contributed by atoms with Crippen molar-refractivity contribution in [2.24, 2.45) is 23.7 Å². The smallest absolute Gasteiger partial charge is 0.367 e. The van der Waals surface area contributed by atoms with Crippen LogP contribution in [-0.2, 0) is 9.13 Å². The largest absolute Gasteiger partial charge is 0.369 e. The topological polar surface area (TPSA) is 135 Å². The molecule has 0 spiro atoms. The lowest BCUT2D eigenvalue weighted by Crippen LogP contribution is -2.41. The van der Waals surface area contributed by atoms with E-state index in [1.807, 2.05) is 0 Å². The summed E-state index contributed by atoms with van der Waals surface area (Å²) in [7, 11) is -10.7. The van der Waals surface area contributed by atoms with Gasteiger partial charge in [-0.15, -0.1) is 0 Å². The number of rotatable bonds is 4. The van der Waals surface area contributed by atoms with Crippen LogP contribution in [0.4, 0.5) is 0 Å². The van der Waals surface area contributed by atoms with Gasteiger partial charge in [0.25, 0.3) is 5.08 Å². The first-order valence-electron chi connectivity index (χ1n) is 6.32. The first-order valence-corrected chi connectivity index (χ1v) is 9.54. The highest BCUT2D eigenvalue weighted by Gasteiger charge is 2.65. The Morgan fingerprint density at radius 1 is 1.05 bits per heavy atom. The Balaban J connectivity index is 2.35. The van der Waals surface area contributed by atoms with E-state index >= 15 is 0 Å². The van der Waals surface area contributed by atoms with E-state index in [4.69, 9.17) is 0 Å². The highest BCUT2D eigenvalue weighted by molar-refractivity contribution is 7.72. The van der Waals surface area contributed by atoms with Crippen LogP contribution >= 0.6 is 15.2 Å². The molecular weight excluding hydrogens is 294 g/mol. The van der Waals surface area contributed by atoms with Gasteiger partial charge in [-0.05, 0) is 37.0 Å². The molecule has 2 rings (SSSR count). The fourth-order valence-corrected chi connectivity index (χ4v) is 6.70. The average molecular weight is 314 g/mol. The van der Waals surface area contributed by atoms with Crippen LogP contribution in [0.3, 0.4) is 0 Å². The van der Waals surface area contributed by atoms with Crippen molar-refractivity contribution in [2.75, 3.05) is 0 Å². The van der Waals surface area contributed by atoms with Gasteiger partial charge in [0.05, 0.1) is 0 Å². The summed E-state index contributed by atoms with van der Waals surface area (Å²) in [6, 6.07) is 0. The lowest BCUT2D eigenvalue weighted by atomic mass is 9.80. The molecular formula is C10H20O7P2. The van der Waals surface area contributed by atoms with E-state index in [-0.39, 0.29) is 11.8 Å². The lowest BCUT2D eigenvalue weighted by Gasteiger charge is -2.40. The Morgan fingerprint density at radius 3 is 1.89 bits per heavy atom. The number of hydrogen-bond acceptors (Lipinski definition) is 3. The van der Waals surface area contributed by atoms with Crippen molar-refractivity contribution in [2.45, 2.75) is 37.7 Å². The second-order valence-electron chi connectivity index (χ2n) is 5.90. The maximum Gasteiger partial charge on any atom is 0.369 e. The van der Waals surface area contributed by atoms with Crippen molar-refractivity contribution in [3.63, 3.8) is 0 Å². The highest BCUT2D eigenvalue weighted by atomic mass is 31.2. The average Bonchev–Trinajstić information content (AvgIpc) is 2.85. The zero-order valence-electron chi connectivity index (χ0n) is 10.6. The summed E-state index contributed by atoms with van der Waals surface area (Å²) < 4.78 is 22.9. The maximum absolute atomic E-state index is 11.5.